The highest BCUT2D eigenvalue weighted by molar-refractivity contribution is 5.94. The molecule has 1 amide bonds. The lowest BCUT2D eigenvalue weighted by atomic mass is 10.1. The van der Waals surface area contributed by atoms with Gasteiger partial charge in [0.25, 0.3) is 5.91 Å². The van der Waals surface area contributed by atoms with Crippen molar-refractivity contribution in [1.82, 2.24) is 4.90 Å². The van der Waals surface area contributed by atoms with Crippen LogP contribution in [0.15, 0.2) is 24.3 Å². The summed E-state index contributed by atoms with van der Waals surface area (Å²) in [5.41, 5.74) is 1.55. The minimum atomic E-state index is -0.907. The molecule has 1 N–H and O–H groups in total. The third-order valence-electron chi connectivity index (χ3n) is 3.10. The van der Waals surface area contributed by atoms with Gasteiger partial charge in [-0.1, -0.05) is 19.1 Å². The Labute approximate surface area is 125 Å². The van der Waals surface area contributed by atoms with E-state index >= 15 is 0 Å². The molecular formula is C16H23NO4. The van der Waals surface area contributed by atoms with Crippen LogP contribution >= 0.6 is 0 Å². The number of ether oxygens (including phenoxy) is 1. The largest absolute Gasteiger partial charge is 0.481 e. The van der Waals surface area contributed by atoms with Crippen LogP contribution in [0.25, 0.3) is 0 Å². The Kier molecular flexibility index (Phi) is 6.37. The van der Waals surface area contributed by atoms with E-state index in [-0.39, 0.29) is 18.6 Å². The van der Waals surface area contributed by atoms with Crippen molar-refractivity contribution in [1.29, 1.82) is 0 Å². The van der Waals surface area contributed by atoms with Crippen molar-refractivity contribution in [3.05, 3.63) is 35.4 Å². The van der Waals surface area contributed by atoms with Crippen LogP contribution in [-0.2, 0) is 16.1 Å². The fourth-order valence-electron chi connectivity index (χ4n) is 1.80. The highest BCUT2D eigenvalue weighted by atomic mass is 16.5. The topological polar surface area (TPSA) is 66.8 Å². The van der Waals surface area contributed by atoms with E-state index in [4.69, 9.17) is 9.84 Å². The first-order valence-electron chi connectivity index (χ1n) is 7.00. The number of carboxylic acids is 1. The van der Waals surface area contributed by atoms with Gasteiger partial charge < -0.3 is 14.7 Å². The zero-order valence-corrected chi connectivity index (χ0v) is 13.0. The Bertz CT molecular complexity index is 482. The predicted molar refractivity (Wildman–Crippen MR) is 80.1 cm³/mol. The maximum absolute atomic E-state index is 12.2. The van der Waals surface area contributed by atoms with Gasteiger partial charge in [-0.15, -0.1) is 0 Å². The first-order chi connectivity index (χ1) is 9.81. The molecule has 0 bridgehead atoms. The molecule has 116 valence electrons. The zero-order chi connectivity index (χ0) is 16.0. The second-order valence-electron chi connectivity index (χ2n) is 5.48. The van der Waals surface area contributed by atoms with Crippen LogP contribution in [0.3, 0.4) is 0 Å². The Balaban J connectivity index is 2.64. The summed E-state index contributed by atoms with van der Waals surface area (Å²) >= 11 is 0. The summed E-state index contributed by atoms with van der Waals surface area (Å²) in [5.74, 6) is -1.67. The molecule has 1 unspecified atom stereocenters. The van der Waals surface area contributed by atoms with Crippen LogP contribution in [0.4, 0.5) is 0 Å². The van der Waals surface area contributed by atoms with Gasteiger partial charge in [0.15, 0.2) is 0 Å². The molecular weight excluding hydrogens is 270 g/mol. The molecule has 0 spiro atoms. The molecule has 0 aliphatic carbocycles. The number of carbonyl (C=O) groups excluding carboxylic acids is 1. The van der Waals surface area contributed by atoms with Gasteiger partial charge in [-0.3, -0.25) is 9.59 Å². The minimum absolute atomic E-state index is 0.162. The van der Waals surface area contributed by atoms with Crippen molar-refractivity contribution in [2.24, 2.45) is 5.92 Å². The number of aliphatic carboxylic acids is 1. The van der Waals surface area contributed by atoms with Crippen LogP contribution in [0, 0.1) is 5.92 Å². The van der Waals surface area contributed by atoms with E-state index in [0.717, 1.165) is 5.56 Å². The molecule has 0 heterocycles. The summed E-state index contributed by atoms with van der Waals surface area (Å²) in [6.07, 6.45) is 0.162. The summed E-state index contributed by atoms with van der Waals surface area (Å²) in [7, 11) is 1.61. The van der Waals surface area contributed by atoms with E-state index < -0.39 is 11.9 Å². The van der Waals surface area contributed by atoms with E-state index in [2.05, 4.69) is 0 Å². The Morgan fingerprint density at radius 2 is 1.76 bits per heavy atom. The Morgan fingerprint density at radius 3 is 2.24 bits per heavy atom. The second kappa shape index (κ2) is 7.78. The number of amides is 1. The van der Waals surface area contributed by atoms with Gasteiger partial charge in [-0.2, -0.15) is 0 Å². The van der Waals surface area contributed by atoms with Crippen molar-refractivity contribution >= 4 is 11.9 Å². The monoisotopic (exact) mass is 293 g/mol. The van der Waals surface area contributed by atoms with Crippen molar-refractivity contribution in [3.8, 4) is 0 Å². The standard InChI is InChI=1S/C16H23NO4/c1-11(2)21-10-13-5-7-14(8-6-13)15(18)17(4)9-12(3)16(19)20/h5-8,11-12H,9-10H2,1-4H3,(H,19,20). The molecule has 5 heteroatoms. The molecule has 1 aromatic carbocycles. The fourth-order valence-corrected chi connectivity index (χ4v) is 1.80. The van der Waals surface area contributed by atoms with E-state index in [1.807, 2.05) is 26.0 Å². The molecule has 0 fully saturated rings. The average molecular weight is 293 g/mol. The minimum Gasteiger partial charge on any atom is -0.481 e. The number of hydrogen-bond acceptors (Lipinski definition) is 3. The first-order valence-corrected chi connectivity index (χ1v) is 7.00. The maximum Gasteiger partial charge on any atom is 0.308 e. The van der Waals surface area contributed by atoms with E-state index in [9.17, 15) is 9.59 Å². The summed E-state index contributed by atoms with van der Waals surface area (Å²) in [5, 5.41) is 8.87. The molecule has 5 nitrogen and oxygen atoms in total. The van der Waals surface area contributed by atoms with Crippen molar-refractivity contribution < 1.29 is 19.4 Å². The molecule has 0 saturated heterocycles. The zero-order valence-electron chi connectivity index (χ0n) is 13.0. The molecule has 0 radical (unpaired) electrons. The smallest absolute Gasteiger partial charge is 0.308 e. The molecule has 1 atom stereocenters. The lowest BCUT2D eigenvalue weighted by Crippen LogP contribution is -2.33. The lowest BCUT2D eigenvalue weighted by molar-refractivity contribution is -0.141. The lowest BCUT2D eigenvalue weighted by Gasteiger charge is -2.19. The van der Waals surface area contributed by atoms with Gasteiger partial charge >= 0.3 is 5.97 Å². The van der Waals surface area contributed by atoms with E-state index in [1.165, 1.54) is 4.90 Å². The number of nitrogens with zero attached hydrogens (tertiary/aromatic N) is 1. The SMILES string of the molecule is CC(C)OCc1ccc(C(=O)N(C)CC(C)C(=O)O)cc1. The van der Waals surface area contributed by atoms with Crippen molar-refractivity contribution in [2.45, 2.75) is 33.5 Å². The van der Waals surface area contributed by atoms with Gasteiger partial charge in [0.2, 0.25) is 0 Å². The summed E-state index contributed by atoms with van der Waals surface area (Å²) in [6.45, 7) is 6.22. The van der Waals surface area contributed by atoms with E-state index in [1.54, 1.807) is 26.1 Å². The number of hydrogen-bond donors (Lipinski definition) is 1. The summed E-state index contributed by atoms with van der Waals surface area (Å²) in [4.78, 5) is 24.4. The highest BCUT2D eigenvalue weighted by Gasteiger charge is 2.18. The van der Waals surface area contributed by atoms with Gasteiger partial charge in [0, 0.05) is 19.2 Å². The molecule has 0 saturated carbocycles. The van der Waals surface area contributed by atoms with Crippen LogP contribution in [-0.4, -0.2) is 41.6 Å². The normalized spacial score (nSPS) is 12.2. The maximum atomic E-state index is 12.2. The molecule has 0 aromatic heterocycles. The molecule has 0 aliphatic heterocycles. The quantitative estimate of drug-likeness (QED) is 0.838. The number of benzene rings is 1. The number of rotatable bonds is 7. The Hall–Kier alpha value is -1.88. The first kappa shape index (κ1) is 17.2. The van der Waals surface area contributed by atoms with Crippen LogP contribution < -0.4 is 0 Å². The third-order valence-corrected chi connectivity index (χ3v) is 3.10. The van der Waals surface area contributed by atoms with Gasteiger partial charge in [-0.25, -0.2) is 0 Å². The second-order valence-corrected chi connectivity index (χ2v) is 5.48. The Morgan fingerprint density at radius 1 is 1.19 bits per heavy atom. The fraction of sp³-hybridized carbons (Fsp3) is 0.500. The molecule has 21 heavy (non-hydrogen) atoms. The highest BCUT2D eigenvalue weighted by Crippen LogP contribution is 2.10. The van der Waals surface area contributed by atoms with Crippen molar-refractivity contribution in [2.75, 3.05) is 13.6 Å². The van der Waals surface area contributed by atoms with Crippen LogP contribution in [0.1, 0.15) is 36.7 Å². The van der Waals surface area contributed by atoms with Gasteiger partial charge in [0.05, 0.1) is 18.6 Å². The number of carbonyl (C=O) groups is 2. The average Bonchev–Trinajstić information content (AvgIpc) is 2.44. The van der Waals surface area contributed by atoms with Crippen LogP contribution in [0.2, 0.25) is 0 Å². The summed E-state index contributed by atoms with van der Waals surface area (Å²) in [6, 6.07) is 7.18. The molecule has 1 aromatic rings. The van der Waals surface area contributed by atoms with Gasteiger partial charge in [-0.05, 0) is 31.5 Å². The number of carboxylic acid groups (broad SMARTS) is 1. The molecule has 0 aliphatic rings. The third kappa shape index (κ3) is 5.55. The van der Waals surface area contributed by atoms with Crippen molar-refractivity contribution in [3.63, 3.8) is 0 Å². The van der Waals surface area contributed by atoms with E-state index in [0.29, 0.717) is 12.2 Å². The molecule has 1 rings (SSSR count). The summed E-state index contributed by atoms with van der Waals surface area (Å²) < 4.78 is 5.49. The van der Waals surface area contributed by atoms with Gasteiger partial charge in [0.1, 0.15) is 0 Å². The predicted octanol–water partition coefficient (Wildman–Crippen LogP) is 2.40. The van der Waals surface area contributed by atoms with Crippen LogP contribution in [0.5, 0.6) is 0 Å².